The monoisotopic (exact) mass is 445 g/mol. The maximum atomic E-state index is 15.0. The summed E-state index contributed by atoms with van der Waals surface area (Å²) in [5.74, 6) is -2.61. The summed E-state index contributed by atoms with van der Waals surface area (Å²) in [6.07, 6.45) is 0.140. The predicted octanol–water partition coefficient (Wildman–Crippen LogP) is 3.36. The minimum Gasteiger partial charge on any atom is -0.465 e. The summed E-state index contributed by atoms with van der Waals surface area (Å²) in [6, 6.07) is 3.58. The standard InChI is InChI=1S/C22H21F2N3O5/c1-11-5-17-19(26-9-11)14(8-13-10-27(22(29)30)3-4-31-13)20(32-17)18-15(23)6-12(7-16(18)24)21(28)25-2/h5-7,9,13H,3-4,8,10H2,1-2H3,(H,25,28)(H,29,30)/t13-/m0/s1. The van der Waals surface area contributed by atoms with Gasteiger partial charge in [-0.3, -0.25) is 9.78 Å². The zero-order valence-electron chi connectivity index (χ0n) is 17.4. The molecule has 0 saturated carbocycles. The van der Waals surface area contributed by atoms with Crippen molar-refractivity contribution in [1.82, 2.24) is 15.2 Å². The molecule has 3 aromatic rings. The molecule has 3 heterocycles. The summed E-state index contributed by atoms with van der Waals surface area (Å²) < 4.78 is 41.6. The number of amides is 2. The molecule has 10 heteroatoms. The van der Waals surface area contributed by atoms with Crippen LogP contribution in [0.4, 0.5) is 13.6 Å². The van der Waals surface area contributed by atoms with Crippen molar-refractivity contribution in [3.05, 3.63) is 52.7 Å². The molecule has 2 amide bonds. The van der Waals surface area contributed by atoms with E-state index in [0.717, 1.165) is 17.7 Å². The number of nitrogens with one attached hydrogen (secondary N) is 1. The van der Waals surface area contributed by atoms with Gasteiger partial charge in [0, 0.05) is 37.3 Å². The second-order valence-electron chi connectivity index (χ2n) is 7.59. The quantitative estimate of drug-likeness (QED) is 0.638. The predicted molar refractivity (Wildman–Crippen MR) is 111 cm³/mol. The van der Waals surface area contributed by atoms with Crippen LogP contribution in [0.15, 0.2) is 28.8 Å². The van der Waals surface area contributed by atoms with Crippen LogP contribution < -0.4 is 5.32 Å². The van der Waals surface area contributed by atoms with Crippen LogP contribution in [0.5, 0.6) is 0 Å². The normalized spacial score (nSPS) is 16.4. The Hall–Kier alpha value is -3.53. The molecule has 2 aromatic heterocycles. The highest BCUT2D eigenvalue weighted by Crippen LogP contribution is 2.37. The Morgan fingerprint density at radius 2 is 2.00 bits per heavy atom. The number of aromatic nitrogens is 1. The lowest BCUT2D eigenvalue weighted by Gasteiger charge is -2.31. The second-order valence-corrected chi connectivity index (χ2v) is 7.59. The van der Waals surface area contributed by atoms with Crippen LogP contribution in [-0.2, 0) is 11.2 Å². The van der Waals surface area contributed by atoms with Crippen LogP contribution in [0.1, 0.15) is 21.5 Å². The number of ether oxygens (including phenoxy) is 1. The molecule has 8 nitrogen and oxygen atoms in total. The Balaban J connectivity index is 1.82. The van der Waals surface area contributed by atoms with E-state index in [-0.39, 0.29) is 37.4 Å². The number of pyridine rings is 1. The van der Waals surface area contributed by atoms with E-state index in [2.05, 4.69) is 10.3 Å². The highest BCUT2D eigenvalue weighted by molar-refractivity contribution is 5.95. The number of nitrogens with zero attached hydrogens (tertiary/aromatic N) is 2. The summed E-state index contributed by atoms with van der Waals surface area (Å²) >= 11 is 0. The highest BCUT2D eigenvalue weighted by Gasteiger charge is 2.30. The van der Waals surface area contributed by atoms with E-state index in [1.54, 1.807) is 12.3 Å². The first-order valence-corrected chi connectivity index (χ1v) is 9.97. The Morgan fingerprint density at radius 1 is 1.28 bits per heavy atom. The molecule has 1 aromatic carbocycles. The fourth-order valence-electron chi connectivity index (χ4n) is 3.83. The third-order valence-electron chi connectivity index (χ3n) is 5.36. The summed E-state index contributed by atoms with van der Waals surface area (Å²) in [5.41, 5.74) is 1.37. The van der Waals surface area contributed by atoms with E-state index in [1.165, 1.54) is 11.9 Å². The van der Waals surface area contributed by atoms with E-state index in [0.29, 0.717) is 16.7 Å². The van der Waals surface area contributed by atoms with Crippen LogP contribution in [0.3, 0.4) is 0 Å². The van der Waals surface area contributed by atoms with Crippen LogP contribution in [0.25, 0.3) is 22.4 Å². The highest BCUT2D eigenvalue weighted by atomic mass is 19.1. The molecule has 1 fully saturated rings. The molecule has 1 saturated heterocycles. The number of hydrogen-bond donors (Lipinski definition) is 2. The van der Waals surface area contributed by atoms with Gasteiger partial charge in [-0.05, 0) is 30.7 Å². The van der Waals surface area contributed by atoms with Gasteiger partial charge in [0.15, 0.2) is 5.58 Å². The van der Waals surface area contributed by atoms with Gasteiger partial charge in [0.1, 0.15) is 22.9 Å². The first kappa shape index (κ1) is 21.7. The molecule has 0 aliphatic carbocycles. The molecular weight excluding hydrogens is 424 g/mol. The van der Waals surface area contributed by atoms with Gasteiger partial charge >= 0.3 is 6.09 Å². The number of benzene rings is 1. The van der Waals surface area contributed by atoms with Gasteiger partial charge in [-0.2, -0.15) is 0 Å². The number of carbonyl (C=O) groups is 2. The average Bonchev–Trinajstić information content (AvgIpc) is 3.09. The van der Waals surface area contributed by atoms with Gasteiger partial charge in [-0.15, -0.1) is 0 Å². The molecule has 0 spiro atoms. The van der Waals surface area contributed by atoms with Gasteiger partial charge in [0.25, 0.3) is 5.91 Å². The number of morpholine rings is 1. The molecular formula is C22H21F2N3O5. The summed E-state index contributed by atoms with van der Waals surface area (Å²) in [6.45, 7) is 2.36. The fourth-order valence-corrected chi connectivity index (χ4v) is 3.83. The maximum absolute atomic E-state index is 15.0. The third kappa shape index (κ3) is 4.01. The smallest absolute Gasteiger partial charge is 0.407 e. The topological polar surface area (TPSA) is 105 Å². The lowest BCUT2D eigenvalue weighted by Crippen LogP contribution is -2.45. The SMILES string of the molecule is CNC(=O)c1cc(F)c(-c2oc3cc(C)cnc3c2C[C@H]2CN(C(=O)O)CCO2)c(F)c1. The molecule has 1 aliphatic heterocycles. The van der Waals surface area contributed by atoms with E-state index >= 15 is 8.78 Å². The van der Waals surface area contributed by atoms with Crippen molar-refractivity contribution in [2.24, 2.45) is 0 Å². The van der Waals surface area contributed by atoms with E-state index < -0.39 is 35.3 Å². The van der Waals surface area contributed by atoms with Gasteiger partial charge in [-0.25, -0.2) is 13.6 Å². The average molecular weight is 445 g/mol. The van der Waals surface area contributed by atoms with Crippen molar-refractivity contribution >= 4 is 23.1 Å². The Kier molecular flexibility index (Phi) is 5.79. The zero-order chi connectivity index (χ0) is 23.0. The number of fused-ring (bicyclic) bond motifs is 1. The van der Waals surface area contributed by atoms with Crippen LogP contribution in [-0.4, -0.2) is 59.8 Å². The Bertz CT molecular complexity index is 1190. The summed E-state index contributed by atoms with van der Waals surface area (Å²) in [7, 11) is 1.36. The zero-order valence-corrected chi connectivity index (χ0v) is 17.4. The van der Waals surface area contributed by atoms with Crippen molar-refractivity contribution in [2.45, 2.75) is 19.4 Å². The van der Waals surface area contributed by atoms with E-state index in [9.17, 15) is 14.7 Å². The molecule has 2 N–H and O–H groups in total. The van der Waals surface area contributed by atoms with Crippen LogP contribution in [0, 0.1) is 18.6 Å². The molecule has 0 bridgehead atoms. The third-order valence-corrected chi connectivity index (χ3v) is 5.36. The van der Waals surface area contributed by atoms with Crippen molar-refractivity contribution in [1.29, 1.82) is 0 Å². The number of aryl methyl sites for hydroxylation is 1. The second kappa shape index (κ2) is 8.54. The molecule has 0 radical (unpaired) electrons. The largest absolute Gasteiger partial charge is 0.465 e. The molecule has 168 valence electrons. The van der Waals surface area contributed by atoms with Gasteiger partial charge < -0.3 is 24.5 Å². The minimum atomic E-state index is -1.06. The van der Waals surface area contributed by atoms with E-state index in [1.807, 2.05) is 6.92 Å². The number of hydrogen-bond acceptors (Lipinski definition) is 5. The molecule has 1 atom stereocenters. The van der Waals surface area contributed by atoms with Crippen molar-refractivity contribution in [3.63, 3.8) is 0 Å². The Morgan fingerprint density at radius 3 is 2.66 bits per heavy atom. The van der Waals surface area contributed by atoms with Crippen molar-refractivity contribution in [2.75, 3.05) is 26.7 Å². The maximum Gasteiger partial charge on any atom is 0.407 e. The number of furan rings is 1. The van der Waals surface area contributed by atoms with Crippen LogP contribution >= 0.6 is 0 Å². The van der Waals surface area contributed by atoms with Gasteiger partial charge in [0.2, 0.25) is 0 Å². The molecule has 1 aliphatic rings. The summed E-state index contributed by atoms with van der Waals surface area (Å²) in [5, 5.41) is 11.6. The first-order valence-electron chi connectivity index (χ1n) is 9.97. The molecule has 0 unspecified atom stereocenters. The lowest BCUT2D eigenvalue weighted by molar-refractivity contribution is -0.0209. The minimum absolute atomic E-state index is 0.0624. The molecule has 4 rings (SSSR count). The van der Waals surface area contributed by atoms with Crippen molar-refractivity contribution < 1.29 is 32.6 Å². The molecule has 32 heavy (non-hydrogen) atoms. The fraction of sp³-hybridized carbons (Fsp3) is 0.318. The van der Waals surface area contributed by atoms with Crippen LogP contribution in [0.2, 0.25) is 0 Å². The van der Waals surface area contributed by atoms with Gasteiger partial charge in [-0.1, -0.05) is 0 Å². The Labute approximate surface area is 181 Å². The lowest BCUT2D eigenvalue weighted by atomic mass is 9.99. The van der Waals surface area contributed by atoms with E-state index in [4.69, 9.17) is 9.15 Å². The summed E-state index contributed by atoms with van der Waals surface area (Å²) in [4.78, 5) is 28.8. The number of rotatable bonds is 4. The first-order chi connectivity index (χ1) is 15.3. The van der Waals surface area contributed by atoms with Crippen molar-refractivity contribution in [3.8, 4) is 11.3 Å². The number of halogens is 2. The number of carbonyl (C=O) groups excluding carboxylic acids is 1. The number of carboxylic acid groups (broad SMARTS) is 1. The van der Waals surface area contributed by atoms with Gasteiger partial charge in [0.05, 0.1) is 24.8 Å².